The predicted molar refractivity (Wildman–Crippen MR) is 118 cm³/mol. The maximum Gasteiger partial charge on any atom is 0.261 e. The number of nitrogens with two attached hydrogens (primary N) is 1. The van der Waals surface area contributed by atoms with Gasteiger partial charge >= 0.3 is 0 Å². The lowest BCUT2D eigenvalue weighted by Crippen LogP contribution is -2.41. The normalized spacial score (nSPS) is 12.2. The van der Waals surface area contributed by atoms with Gasteiger partial charge in [0.05, 0.1) is 9.75 Å². The van der Waals surface area contributed by atoms with Crippen molar-refractivity contribution < 1.29 is 9.18 Å². The predicted octanol–water partition coefficient (Wildman–Crippen LogP) is 4.49. The van der Waals surface area contributed by atoms with E-state index in [2.05, 4.69) is 31.2 Å². The van der Waals surface area contributed by atoms with Crippen LogP contribution in [0.25, 0.3) is 21.5 Å². The van der Waals surface area contributed by atoms with Crippen molar-refractivity contribution in [3.05, 3.63) is 75.6 Å². The molecule has 0 saturated heterocycles. The quantitative estimate of drug-likeness (QED) is 0.386. The molecule has 3 aromatic heterocycles. The van der Waals surface area contributed by atoms with Gasteiger partial charge in [-0.25, -0.2) is 9.37 Å². The molecule has 0 aliphatic rings. The zero-order valence-electron chi connectivity index (χ0n) is 15.3. The molecule has 0 spiro atoms. The summed E-state index contributed by atoms with van der Waals surface area (Å²) in [5.74, 6) is -0.468. The summed E-state index contributed by atoms with van der Waals surface area (Å²) in [6.45, 7) is 0.289. The van der Waals surface area contributed by atoms with Crippen LogP contribution in [0.15, 0.2) is 59.3 Å². The Kier molecular flexibility index (Phi) is 5.75. The lowest BCUT2D eigenvalue weighted by Gasteiger charge is -2.16. The fourth-order valence-corrected chi connectivity index (χ4v) is 5.01. The molecule has 1 aromatic carbocycles. The Morgan fingerprint density at radius 2 is 2.07 bits per heavy atom. The first-order valence-corrected chi connectivity index (χ1v) is 10.6. The number of nitrogens with one attached hydrogen (secondary N) is 2. The van der Waals surface area contributed by atoms with Crippen LogP contribution in [-0.4, -0.2) is 28.5 Å². The first-order chi connectivity index (χ1) is 14.0. The van der Waals surface area contributed by atoms with Crippen LogP contribution >= 0.6 is 27.3 Å². The molecule has 0 radical (unpaired) electrons. The van der Waals surface area contributed by atoms with Gasteiger partial charge in [-0.2, -0.15) is 0 Å². The molecule has 1 atom stereocenters. The van der Waals surface area contributed by atoms with Crippen LogP contribution in [0.1, 0.15) is 15.2 Å². The van der Waals surface area contributed by atoms with Gasteiger partial charge in [0.25, 0.3) is 5.91 Å². The SMILES string of the molecule is NCC(Cc1ccc(F)cc1)NC(=O)c1cc(Br)c(-c2ccnc3[nH]ccc23)s1. The van der Waals surface area contributed by atoms with Crippen LogP contribution in [0, 0.1) is 5.82 Å². The largest absolute Gasteiger partial charge is 0.347 e. The smallest absolute Gasteiger partial charge is 0.261 e. The van der Waals surface area contributed by atoms with E-state index in [9.17, 15) is 9.18 Å². The highest BCUT2D eigenvalue weighted by Gasteiger charge is 2.19. The molecule has 0 saturated carbocycles. The van der Waals surface area contributed by atoms with Gasteiger partial charge in [-0.15, -0.1) is 11.3 Å². The van der Waals surface area contributed by atoms with Crippen molar-refractivity contribution in [1.82, 2.24) is 15.3 Å². The summed E-state index contributed by atoms with van der Waals surface area (Å²) in [7, 11) is 0. The number of nitrogens with zero attached hydrogens (tertiary/aromatic N) is 1. The number of carbonyl (C=O) groups excluding carboxylic acids is 1. The van der Waals surface area contributed by atoms with Crippen LogP contribution in [0.2, 0.25) is 0 Å². The Morgan fingerprint density at radius 1 is 1.28 bits per heavy atom. The molecule has 1 unspecified atom stereocenters. The maximum absolute atomic E-state index is 13.1. The Hall–Kier alpha value is -2.55. The van der Waals surface area contributed by atoms with E-state index in [0.29, 0.717) is 11.3 Å². The zero-order valence-corrected chi connectivity index (χ0v) is 17.7. The van der Waals surface area contributed by atoms with Gasteiger partial charge in [0.1, 0.15) is 11.5 Å². The third-order valence-corrected chi connectivity index (χ3v) is 6.69. The van der Waals surface area contributed by atoms with E-state index in [1.54, 1.807) is 18.3 Å². The standard InChI is InChI=1S/C21H18BrFN4OS/c22-17-10-18(29-19(17)15-5-7-25-20-16(15)6-8-26-20)21(28)27-14(11-24)9-12-1-3-13(23)4-2-12/h1-8,10,14H,9,11,24H2,(H,25,26)(H,27,28). The molecular weight excluding hydrogens is 455 g/mol. The minimum Gasteiger partial charge on any atom is -0.347 e. The number of pyridine rings is 1. The average molecular weight is 473 g/mol. The van der Waals surface area contributed by atoms with Gasteiger partial charge in [0, 0.05) is 40.4 Å². The second-order valence-electron chi connectivity index (χ2n) is 6.62. The van der Waals surface area contributed by atoms with E-state index in [0.717, 1.165) is 31.5 Å². The lowest BCUT2D eigenvalue weighted by atomic mass is 10.1. The van der Waals surface area contributed by atoms with Crippen molar-refractivity contribution in [1.29, 1.82) is 0 Å². The molecular formula is C21H18BrFN4OS. The van der Waals surface area contributed by atoms with E-state index in [1.165, 1.54) is 23.5 Å². The second-order valence-corrected chi connectivity index (χ2v) is 8.53. The van der Waals surface area contributed by atoms with E-state index in [4.69, 9.17) is 5.73 Å². The fourth-order valence-electron chi connectivity index (χ4n) is 3.18. The third-order valence-electron chi connectivity index (χ3n) is 4.63. The van der Waals surface area contributed by atoms with Gasteiger partial charge in [-0.05, 0) is 58.2 Å². The summed E-state index contributed by atoms with van der Waals surface area (Å²) in [4.78, 5) is 21.8. The number of aromatic amines is 1. The van der Waals surface area contributed by atoms with Crippen molar-refractivity contribution in [3.63, 3.8) is 0 Å². The molecule has 0 fully saturated rings. The Balaban J connectivity index is 1.54. The van der Waals surface area contributed by atoms with Crippen molar-refractivity contribution >= 4 is 44.2 Å². The number of H-pyrrole nitrogens is 1. The summed E-state index contributed by atoms with van der Waals surface area (Å²) >= 11 is 4.99. The molecule has 3 heterocycles. The van der Waals surface area contributed by atoms with E-state index < -0.39 is 0 Å². The van der Waals surface area contributed by atoms with Crippen LogP contribution < -0.4 is 11.1 Å². The number of benzene rings is 1. The van der Waals surface area contributed by atoms with Gasteiger partial charge < -0.3 is 16.0 Å². The van der Waals surface area contributed by atoms with Gasteiger partial charge in [0.15, 0.2) is 0 Å². The molecule has 0 bridgehead atoms. The number of thiophene rings is 1. The van der Waals surface area contributed by atoms with Gasteiger partial charge in [-0.3, -0.25) is 4.79 Å². The van der Waals surface area contributed by atoms with E-state index >= 15 is 0 Å². The molecule has 29 heavy (non-hydrogen) atoms. The molecule has 1 amide bonds. The first kappa shape index (κ1) is 19.8. The number of hydrogen-bond donors (Lipinski definition) is 3. The Bertz CT molecular complexity index is 1160. The highest BCUT2D eigenvalue weighted by molar-refractivity contribution is 9.10. The molecule has 4 rings (SSSR count). The second kappa shape index (κ2) is 8.44. The number of amides is 1. The number of hydrogen-bond acceptors (Lipinski definition) is 4. The highest BCUT2D eigenvalue weighted by atomic mass is 79.9. The van der Waals surface area contributed by atoms with Crippen molar-refractivity contribution in [2.45, 2.75) is 12.5 Å². The minimum atomic E-state index is -0.286. The number of rotatable bonds is 6. The molecule has 148 valence electrons. The summed E-state index contributed by atoms with van der Waals surface area (Å²) in [6, 6.07) is 11.7. The molecule has 0 aliphatic carbocycles. The number of fused-ring (bicyclic) bond motifs is 1. The summed E-state index contributed by atoms with van der Waals surface area (Å²) < 4.78 is 13.9. The summed E-state index contributed by atoms with van der Waals surface area (Å²) in [6.07, 6.45) is 4.13. The molecule has 0 aliphatic heterocycles. The third kappa shape index (κ3) is 4.24. The lowest BCUT2D eigenvalue weighted by molar-refractivity contribution is 0.0942. The Labute approximate surface area is 179 Å². The highest BCUT2D eigenvalue weighted by Crippen LogP contribution is 2.39. The van der Waals surface area contributed by atoms with Crippen LogP contribution in [0.3, 0.4) is 0 Å². The minimum absolute atomic E-state index is 0.182. The monoisotopic (exact) mass is 472 g/mol. The molecule has 4 aromatic rings. The van der Waals surface area contributed by atoms with Crippen molar-refractivity contribution in [3.8, 4) is 10.4 Å². The van der Waals surface area contributed by atoms with Gasteiger partial charge in [0.2, 0.25) is 0 Å². The number of halogens is 2. The summed E-state index contributed by atoms with van der Waals surface area (Å²) in [5.41, 5.74) is 8.58. The van der Waals surface area contributed by atoms with Gasteiger partial charge in [-0.1, -0.05) is 12.1 Å². The van der Waals surface area contributed by atoms with Crippen molar-refractivity contribution in [2.75, 3.05) is 6.54 Å². The first-order valence-electron chi connectivity index (χ1n) is 9.02. The van der Waals surface area contributed by atoms with Crippen LogP contribution in [0.5, 0.6) is 0 Å². The van der Waals surface area contributed by atoms with Crippen LogP contribution in [0.4, 0.5) is 4.39 Å². The number of carbonyl (C=O) groups is 1. The van der Waals surface area contributed by atoms with E-state index in [-0.39, 0.29) is 24.3 Å². The fraction of sp³-hybridized carbons (Fsp3) is 0.143. The molecule has 4 N–H and O–H groups in total. The Morgan fingerprint density at radius 3 is 2.83 bits per heavy atom. The average Bonchev–Trinajstić information content (AvgIpc) is 3.35. The maximum atomic E-state index is 13.1. The topological polar surface area (TPSA) is 83.8 Å². The van der Waals surface area contributed by atoms with Crippen molar-refractivity contribution in [2.24, 2.45) is 5.73 Å². The summed E-state index contributed by atoms with van der Waals surface area (Å²) in [5, 5.41) is 3.98. The van der Waals surface area contributed by atoms with E-state index in [1.807, 2.05) is 24.4 Å². The molecule has 5 nitrogen and oxygen atoms in total. The van der Waals surface area contributed by atoms with Crippen LogP contribution in [-0.2, 0) is 6.42 Å². The zero-order chi connectivity index (χ0) is 20.4. The molecule has 8 heteroatoms. The number of aromatic nitrogens is 2.